The van der Waals surface area contributed by atoms with Gasteiger partial charge in [0.1, 0.15) is 11.2 Å². The van der Waals surface area contributed by atoms with Crippen molar-refractivity contribution in [3.63, 3.8) is 0 Å². The van der Waals surface area contributed by atoms with Crippen LogP contribution in [0.3, 0.4) is 0 Å². The first-order valence-electron chi connectivity index (χ1n) is 13.0. The Balaban J connectivity index is 1.95. The van der Waals surface area contributed by atoms with Crippen LogP contribution < -0.4 is 5.43 Å². The Kier molecular flexibility index (Phi) is 9.64. The summed E-state index contributed by atoms with van der Waals surface area (Å²) in [6.07, 6.45) is 4.47. The predicted octanol–water partition coefficient (Wildman–Crippen LogP) is 5.33. The number of aromatic nitrogens is 1. The van der Waals surface area contributed by atoms with Crippen LogP contribution in [-0.4, -0.2) is 70.9 Å². The predicted molar refractivity (Wildman–Crippen MR) is 146 cm³/mol. The van der Waals surface area contributed by atoms with E-state index in [1.807, 2.05) is 39.2 Å². The van der Waals surface area contributed by atoms with Gasteiger partial charge in [0.25, 0.3) is 5.91 Å². The molecule has 0 unspecified atom stereocenters. The number of hydrogen-bond donors (Lipinski definition) is 0. The summed E-state index contributed by atoms with van der Waals surface area (Å²) in [4.78, 5) is 43.7. The van der Waals surface area contributed by atoms with E-state index in [4.69, 9.17) is 21.1 Å². The van der Waals surface area contributed by atoms with E-state index in [-0.39, 0.29) is 35.1 Å². The van der Waals surface area contributed by atoms with Gasteiger partial charge >= 0.3 is 6.09 Å². The summed E-state index contributed by atoms with van der Waals surface area (Å²) in [6, 6.07) is 4.75. The molecular formula is C28H40ClN3O5. The van der Waals surface area contributed by atoms with E-state index in [0.717, 1.165) is 25.7 Å². The minimum absolute atomic E-state index is 0.129. The van der Waals surface area contributed by atoms with Gasteiger partial charge < -0.3 is 23.8 Å². The highest BCUT2D eigenvalue weighted by Gasteiger charge is 2.35. The molecule has 0 radical (unpaired) electrons. The van der Waals surface area contributed by atoms with Crippen LogP contribution in [0, 0.1) is 0 Å². The number of carbonyl (C=O) groups excluding carboxylic acids is 2. The summed E-state index contributed by atoms with van der Waals surface area (Å²) in [6.45, 7) is 11.6. The number of fused-ring (bicyclic) bond motifs is 1. The second kappa shape index (κ2) is 12.3. The quantitative estimate of drug-likeness (QED) is 0.428. The van der Waals surface area contributed by atoms with Gasteiger partial charge in [-0.25, -0.2) is 4.79 Å². The van der Waals surface area contributed by atoms with E-state index in [9.17, 15) is 14.4 Å². The highest BCUT2D eigenvalue weighted by atomic mass is 35.5. The lowest BCUT2D eigenvalue weighted by molar-refractivity contribution is 0.00748. The molecule has 1 aliphatic heterocycles. The highest BCUT2D eigenvalue weighted by molar-refractivity contribution is 6.31. The number of nitrogens with zero attached hydrogens (tertiary/aromatic N) is 3. The SMILES string of the molecule is COCCCCn1cc(C(=O)N(C(C)C)[C@@H]2CCCN(C(=O)OC(C)(C)C)C2)c(=O)c2ccc(Cl)cc21. The number of unbranched alkanes of at least 4 members (excludes halogenated alkanes) is 1. The number of ether oxygens (including phenoxy) is 2. The van der Waals surface area contributed by atoms with Crippen molar-refractivity contribution < 1.29 is 19.1 Å². The Hall–Kier alpha value is -2.58. The van der Waals surface area contributed by atoms with Gasteiger partial charge in [0.2, 0.25) is 5.43 Å². The first-order valence-corrected chi connectivity index (χ1v) is 13.4. The van der Waals surface area contributed by atoms with Gasteiger partial charge in [-0.2, -0.15) is 0 Å². The topological polar surface area (TPSA) is 81.1 Å². The maximum atomic E-state index is 14.0. The number of benzene rings is 1. The first kappa shape index (κ1) is 29.0. The molecule has 0 bridgehead atoms. The summed E-state index contributed by atoms with van der Waals surface area (Å²) < 4.78 is 12.7. The van der Waals surface area contributed by atoms with Crippen molar-refractivity contribution in [3.05, 3.63) is 45.2 Å². The third-order valence-electron chi connectivity index (χ3n) is 6.50. The fraction of sp³-hybridized carbons (Fsp3) is 0.607. The van der Waals surface area contributed by atoms with Gasteiger partial charge in [-0.1, -0.05) is 11.6 Å². The van der Waals surface area contributed by atoms with E-state index >= 15 is 0 Å². The Morgan fingerprint density at radius 3 is 2.59 bits per heavy atom. The Morgan fingerprint density at radius 1 is 1.22 bits per heavy atom. The maximum absolute atomic E-state index is 14.0. The van der Waals surface area contributed by atoms with Crippen LogP contribution in [0.4, 0.5) is 4.79 Å². The fourth-order valence-corrected chi connectivity index (χ4v) is 5.03. The van der Waals surface area contributed by atoms with Crippen LogP contribution in [0.15, 0.2) is 29.2 Å². The van der Waals surface area contributed by atoms with Crippen molar-refractivity contribution in [2.45, 2.75) is 84.5 Å². The standard InChI is InChI=1S/C28H40ClN3O5/c1-19(2)32(21-10-9-14-31(17-21)27(35)37-28(3,4)5)26(34)23-18-30(13-7-8-15-36-6)24-16-20(29)11-12-22(24)25(23)33/h11-12,16,18-19,21H,7-10,13-15,17H2,1-6H3/t21-/m1/s1. The molecule has 1 fully saturated rings. The number of carbonyl (C=O) groups is 2. The van der Waals surface area contributed by atoms with Crippen molar-refractivity contribution >= 4 is 34.5 Å². The van der Waals surface area contributed by atoms with Crippen LogP contribution in [-0.2, 0) is 16.0 Å². The number of aryl methyl sites for hydroxylation is 1. The third kappa shape index (κ3) is 7.26. The van der Waals surface area contributed by atoms with Gasteiger partial charge in [-0.15, -0.1) is 0 Å². The van der Waals surface area contributed by atoms with Gasteiger partial charge in [0, 0.05) is 56.0 Å². The van der Waals surface area contributed by atoms with Crippen LogP contribution in [0.5, 0.6) is 0 Å². The van der Waals surface area contributed by atoms with E-state index in [0.29, 0.717) is 42.2 Å². The van der Waals surface area contributed by atoms with Crippen molar-refractivity contribution in [1.82, 2.24) is 14.4 Å². The number of amides is 2. The molecule has 1 saturated heterocycles. The highest BCUT2D eigenvalue weighted by Crippen LogP contribution is 2.24. The van der Waals surface area contributed by atoms with E-state index < -0.39 is 5.60 Å². The fourth-order valence-electron chi connectivity index (χ4n) is 4.86. The summed E-state index contributed by atoms with van der Waals surface area (Å²) in [5, 5.41) is 0.995. The zero-order chi connectivity index (χ0) is 27.3. The van der Waals surface area contributed by atoms with Crippen molar-refractivity contribution in [1.29, 1.82) is 0 Å². The number of rotatable bonds is 8. The molecule has 1 aromatic carbocycles. The molecule has 0 aliphatic carbocycles. The number of methoxy groups -OCH3 is 1. The molecule has 0 N–H and O–H groups in total. The zero-order valence-electron chi connectivity index (χ0n) is 22.9. The Labute approximate surface area is 224 Å². The molecule has 9 heteroatoms. The van der Waals surface area contributed by atoms with Gasteiger partial charge in [-0.3, -0.25) is 9.59 Å². The van der Waals surface area contributed by atoms with Gasteiger partial charge in [-0.05, 0) is 78.5 Å². The van der Waals surface area contributed by atoms with Crippen molar-refractivity contribution in [2.75, 3.05) is 26.8 Å². The van der Waals surface area contributed by atoms with Gasteiger partial charge in [0.05, 0.1) is 11.6 Å². The monoisotopic (exact) mass is 533 g/mol. The second-order valence-electron chi connectivity index (χ2n) is 11.0. The molecule has 0 spiro atoms. The molecular weight excluding hydrogens is 494 g/mol. The number of halogens is 1. The lowest BCUT2D eigenvalue weighted by Gasteiger charge is -2.41. The smallest absolute Gasteiger partial charge is 0.410 e. The molecule has 2 aromatic rings. The minimum atomic E-state index is -0.597. The first-order chi connectivity index (χ1) is 17.4. The van der Waals surface area contributed by atoms with Crippen LogP contribution in [0.25, 0.3) is 10.9 Å². The Morgan fingerprint density at radius 2 is 1.95 bits per heavy atom. The second-order valence-corrected chi connectivity index (χ2v) is 11.4. The lowest BCUT2D eigenvalue weighted by Crippen LogP contribution is -2.55. The molecule has 204 valence electrons. The largest absolute Gasteiger partial charge is 0.444 e. The molecule has 3 rings (SSSR count). The molecule has 1 atom stereocenters. The van der Waals surface area contributed by atoms with Crippen LogP contribution >= 0.6 is 11.6 Å². The number of piperidine rings is 1. The van der Waals surface area contributed by atoms with Crippen LogP contribution in [0.1, 0.15) is 70.7 Å². The molecule has 0 saturated carbocycles. The third-order valence-corrected chi connectivity index (χ3v) is 6.74. The van der Waals surface area contributed by atoms with Gasteiger partial charge in [0.15, 0.2) is 0 Å². The molecule has 2 heterocycles. The average molecular weight is 534 g/mol. The summed E-state index contributed by atoms with van der Waals surface area (Å²) in [5.74, 6) is -0.321. The van der Waals surface area contributed by atoms with E-state index in [1.165, 1.54) is 0 Å². The zero-order valence-corrected chi connectivity index (χ0v) is 23.6. The van der Waals surface area contributed by atoms with E-state index in [1.54, 1.807) is 41.3 Å². The molecule has 2 amide bonds. The normalized spacial score (nSPS) is 16.3. The molecule has 8 nitrogen and oxygen atoms in total. The van der Waals surface area contributed by atoms with E-state index in [2.05, 4.69) is 0 Å². The molecule has 37 heavy (non-hydrogen) atoms. The number of likely N-dealkylation sites (tertiary alicyclic amines) is 1. The number of hydrogen-bond acceptors (Lipinski definition) is 5. The lowest BCUT2D eigenvalue weighted by atomic mass is 10.0. The summed E-state index contributed by atoms with van der Waals surface area (Å²) in [5.41, 5.74) is -0.0730. The van der Waals surface area contributed by atoms with Crippen molar-refractivity contribution in [3.8, 4) is 0 Å². The maximum Gasteiger partial charge on any atom is 0.410 e. The minimum Gasteiger partial charge on any atom is -0.444 e. The van der Waals surface area contributed by atoms with Crippen molar-refractivity contribution in [2.24, 2.45) is 0 Å². The summed E-state index contributed by atoms with van der Waals surface area (Å²) in [7, 11) is 1.67. The van der Waals surface area contributed by atoms with Crippen LogP contribution in [0.2, 0.25) is 5.02 Å². The molecule has 1 aromatic heterocycles. The molecule has 1 aliphatic rings. The Bertz CT molecular complexity index is 1170. The summed E-state index contributed by atoms with van der Waals surface area (Å²) >= 11 is 6.25. The average Bonchev–Trinajstić information content (AvgIpc) is 2.82. The number of pyridine rings is 1.